The Morgan fingerprint density at radius 1 is 0.977 bits per heavy atom. The van der Waals surface area contributed by atoms with Gasteiger partial charge in [0.2, 0.25) is 0 Å². The van der Waals surface area contributed by atoms with Crippen molar-refractivity contribution in [2.45, 2.75) is 76.0 Å². The number of rotatable bonds is 8. The molecule has 1 saturated heterocycles. The topological polar surface area (TPSA) is 112 Å². The molecule has 0 bridgehead atoms. The fraction of sp³-hybridized carbons (Fsp3) is 0.438. The first kappa shape index (κ1) is 36.5. The molecule has 2 heterocycles. The second-order valence-electron chi connectivity index (χ2n) is 12.8. The van der Waals surface area contributed by atoms with Crippen molar-refractivity contribution in [3.8, 4) is 0 Å². The first-order valence-electron chi connectivity index (χ1n) is 14.4. The number of quaternary nitrogens is 1. The van der Waals surface area contributed by atoms with Crippen LogP contribution in [0.2, 0.25) is 10.0 Å². The Labute approximate surface area is 313 Å². The summed E-state index contributed by atoms with van der Waals surface area (Å²) in [4.78, 5) is 0. The van der Waals surface area contributed by atoms with Crippen molar-refractivity contribution >= 4 is 54.7 Å². The van der Waals surface area contributed by atoms with Crippen LogP contribution in [0.15, 0.2) is 65.9 Å². The van der Waals surface area contributed by atoms with Gasteiger partial charge in [-0.25, -0.2) is 12.9 Å². The van der Waals surface area contributed by atoms with Crippen LogP contribution < -0.4 is 55.9 Å². The molecular formula is C32H37Cl2KNO6S2+. The van der Waals surface area contributed by atoms with Crippen LogP contribution in [0.1, 0.15) is 76.5 Å². The number of allylic oxidation sites excluding steroid dienone is 6. The summed E-state index contributed by atoms with van der Waals surface area (Å²) in [6.07, 6.45) is 8.34. The van der Waals surface area contributed by atoms with E-state index in [9.17, 15) is 25.9 Å². The number of hydrogen-bond acceptors (Lipinski definition) is 5. The molecule has 44 heavy (non-hydrogen) atoms. The van der Waals surface area contributed by atoms with Crippen LogP contribution >= 0.6 is 23.2 Å². The quantitative estimate of drug-likeness (QED) is 0.188. The van der Waals surface area contributed by atoms with Gasteiger partial charge in [-0.1, -0.05) is 55.3 Å². The number of fused-ring (bicyclic) bond motifs is 3. The Bertz CT molecular complexity index is 1800. The van der Waals surface area contributed by atoms with Crippen molar-refractivity contribution in [1.82, 2.24) is 4.48 Å². The second-order valence-corrected chi connectivity index (χ2v) is 16.8. The molecule has 2 unspecified atom stereocenters. The van der Waals surface area contributed by atoms with Gasteiger partial charge in [-0.2, -0.15) is 8.42 Å². The first-order chi connectivity index (χ1) is 19.9. The molecule has 0 amide bonds. The number of halogens is 2. The van der Waals surface area contributed by atoms with E-state index in [4.69, 9.17) is 23.2 Å². The molecule has 2 aromatic carbocycles. The molecule has 3 aliphatic rings. The van der Waals surface area contributed by atoms with Gasteiger partial charge in [-0.05, 0) is 85.7 Å². The van der Waals surface area contributed by atoms with Gasteiger partial charge in [0.05, 0.1) is 17.7 Å². The van der Waals surface area contributed by atoms with Gasteiger partial charge in [0.1, 0.15) is 11.4 Å². The van der Waals surface area contributed by atoms with Gasteiger partial charge in [-0.15, -0.1) is 0 Å². The van der Waals surface area contributed by atoms with Crippen molar-refractivity contribution < 1.29 is 77.3 Å². The summed E-state index contributed by atoms with van der Waals surface area (Å²) < 4.78 is 69.7. The molecule has 0 radical (unpaired) electrons. The minimum atomic E-state index is -4.62. The summed E-state index contributed by atoms with van der Waals surface area (Å²) >= 11 is 12.8. The fourth-order valence-electron chi connectivity index (χ4n) is 7.62. The maximum Gasteiger partial charge on any atom is 1.00 e. The van der Waals surface area contributed by atoms with E-state index < -0.39 is 36.4 Å². The fourth-order valence-corrected chi connectivity index (χ4v) is 9.77. The second kappa shape index (κ2) is 12.9. The monoisotopic (exact) mass is 704 g/mol. The average molecular weight is 706 g/mol. The molecule has 1 fully saturated rings. The van der Waals surface area contributed by atoms with Gasteiger partial charge < -0.3 is 4.55 Å². The van der Waals surface area contributed by atoms with Crippen LogP contribution in [0.4, 0.5) is 5.69 Å². The van der Waals surface area contributed by atoms with Crippen molar-refractivity contribution in [2.24, 2.45) is 0 Å². The van der Waals surface area contributed by atoms with Crippen molar-refractivity contribution in [3.63, 3.8) is 0 Å². The largest absolute Gasteiger partial charge is 1.00 e. The van der Waals surface area contributed by atoms with Crippen LogP contribution in [0.3, 0.4) is 0 Å². The third-order valence-electron chi connectivity index (χ3n) is 9.49. The molecule has 0 saturated carbocycles. The van der Waals surface area contributed by atoms with E-state index in [-0.39, 0.29) is 68.0 Å². The third kappa shape index (κ3) is 6.53. The average Bonchev–Trinajstić information content (AvgIpc) is 3.47. The van der Waals surface area contributed by atoms with Crippen LogP contribution in [0.5, 0.6) is 0 Å². The molecule has 2 atom stereocenters. The normalized spacial score (nSPS) is 24.7. The first-order valence-corrected chi connectivity index (χ1v) is 18.3. The molecule has 7 nitrogen and oxygen atoms in total. The summed E-state index contributed by atoms with van der Waals surface area (Å²) in [6.45, 7) is 8.82. The van der Waals surface area contributed by atoms with Crippen molar-refractivity contribution in [2.75, 3.05) is 12.3 Å². The zero-order valence-corrected chi connectivity index (χ0v) is 32.0. The van der Waals surface area contributed by atoms with E-state index in [0.29, 0.717) is 42.3 Å². The molecule has 12 heteroatoms. The van der Waals surface area contributed by atoms with Gasteiger partial charge in [0.25, 0.3) is 10.1 Å². The minimum absolute atomic E-state index is 0. The number of unbranched alkanes of at least 4 members (excludes halogenated alkanes) is 1. The molecule has 1 aliphatic carbocycles. The van der Waals surface area contributed by atoms with Gasteiger partial charge in [0.15, 0.2) is 15.5 Å². The molecule has 5 rings (SSSR count). The Hall–Kier alpha value is -0.344. The van der Waals surface area contributed by atoms with Gasteiger partial charge in [0, 0.05) is 39.9 Å². The Kier molecular flexibility index (Phi) is 10.7. The van der Waals surface area contributed by atoms with E-state index in [1.165, 1.54) is 0 Å². The summed E-state index contributed by atoms with van der Waals surface area (Å²) in [5.74, 6) is -0.294. The molecule has 1 N–H and O–H groups in total. The SMILES string of the molecule is CC1(C)C(C=C/C=C2\C(C)(C)c3cc(Cl)ccc3[N+]23CCCC3S(=O)(=O)[O-])=C(CCCCS(=O)(=O)O)c2ccc(Cl)cc21.[K+]. The Balaban J connectivity index is 0.00000442. The zero-order valence-electron chi connectivity index (χ0n) is 25.7. The smallest absolute Gasteiger partial charge is 0.743 e. The van der Waals surface area contributed by atoms with Gasteiger partial charge in [-0.3, -0.25) is 4.55 Å². The molecule has 1 spiro atoms. The maximum atomic E-state index is 12.7. The van der Waals surface area contributed by atoms with Crippen LogP contribution in [0.25, 0.3) is 5.57 Å². The van der Waals surface area contributed by atoms with Crippen molar-refractivity contribution in [3.05, 3.63) is 92.6 Å². The third-order valence-corrected chi connectivity index (χ3v) is 12.0. The minimum Gasteiger partial charge on any atom is -0.743 e. The molecule has 0 aromatic heterocycles. The molecule has 232 valence electrons. The van der Waals surface area contributed by atoms with E-state index in [0.717, 1.165) is 39.2 Å². The maximum absolute atomic E-state index is 12.7. The molecule has 2 aromatic rings. The van der Waals surface area contributed by atoms with E-state index >= 15 is 0 Å². The van der Waals surface area contributed by atoms with E-state index in [2.05, 4.69) is 13.8 Å². The van der Waals surface area contributed by atoms with Crippen LogP contribution in [-0.2, 0) is 31.1 Å². The number of nitrogens with zero attached hydrogens (tertiary/aromatic N) is 1. The van der Waals surface area contributed by atoms with E-state index in [1.807, 2.05) is 62.4 Å². The summed E-state index contributed by atoms with van der Waals surface area (Å²) in [6, 6.07) is 11.3. The Morgan fingerprint density at radius 3 is 2.25 bits per heavy atom. The standard InChI is InChI=1S/C32H37Cl2NO6S2.K/c1-31(2)25(23(9-5-6-18-42(36,37)38)24-15-13-21(33)19-26(24)31)10-7-11-29-32(3,4)27-20-22(34)14-16-28(27)35(29)17-8-12-30(35)43(39,40)41;/h7,10-11,13-16,19-20,30H,5-6,8-9,12,17-18H2,1-4H3,(H-,36,37,38,39,40,41);/q;+1/b10-7?,29-11+;. The Morgan fingerprint density at radius 2 is 1.61 bits per heavy atom. The van der Waals surface area contributed by atoms with Crippen LogP contribution in [-0.4, -0.2) is 43.6 Å². The summed E-state index contributed by atoms with van der Waals surface area (Å²) in [5.41, 5.74) is 5.80. The van der Waals surface area contributed by atoms with E-state index in [1.54, 1.807) is 6.07 Å². The van der Waals surface area contributed by atoms with Gasteiger partial charge >= 0.3 is 51.4 Å². The predicted octanol–water partition coefficient (Wildman–Crippen LogP) is 4.50. The summed E-state index contributed by atoms with van der Waals surface area (Å²) in [7, 11) is -8.66. The number of hydrogen-bond donors (Lipinski definition) is 1. The van der Waals surface area contributed by atoms with Crippen LogP contribution in [0, 0.1) is 0 Å². The number of benzene rings is 2. The molecule has 2 aliphatic heterocycles. The van der Waals surface area contributed by atoms with Crippen molar-refractivity contribution in [1.29, 1.82) is 0 Å². The molecular weight excluding hydrogens is 668 g/mol. The summed E-state index contributed by atoms with van der Waals surface area (Å²) in [5, 5.41) is 0.0514. The zero-order chi connectivity index (χ0) is 31.6. The predicted molar refractivity (Wildman–Crippen MR) is 173 cm³/mol.